The van der Waals surface area contributed by atoms with Gasteiger partial charge in [-0.05, 0) is 43.5 Å². The lowest BCUT2D eigenvalue weighted by atomic mass is 10.0. The van der Waals surface area contributed by atoms with Gasteiger partial charge in [0.1, 0.15) is 5.15 Å². The Kier molecular flexibility index (Phi) is 4.59. The first-order valence-electron chi connectivity index (χ1n) is 6.07. The van der Waals surface area contributed by atoms with E-state index in [4.69, 9.17) is 11.6 Å². The summed E-state index contributed by atoms with van der Waals surface area (Å²) in [7, 11) is -3.07. The molecule has 0 saturated carbocycles. The summed E-state index contributed by atoms with van der Waals surface area (Å²) in [6.45, 7) is 1.80. The molecule has 1 N–H and O–H groups in total. The van der Waals surface area contributed by atoms with Crippen molar-refractivity contribution in [3.63, 3.8) is 0 Å². The predicted octanol–water partition coefficient (Wildman–Crippen LogP) is 1.65. The maximum absolute atomic E-state index is 12.1. The quantitative estimate of drug-likeness (QED) is 0.856. The molecule has 1 unspecified atom stereocenters. The minimum atomic E-state index is -3.07. The Morgan fingerprint density at radius 3 is 2.89 bits per heavy atom. The van der Waals surface area contributed by atoms with Gasteiger partial charge in [0.2, 0.25) is 0 Å². The molecule has 1 aromatic heterocycles. The molecule has 4 nitrogen and oxygen atoms in total. The molecule has 1 fully saturated rings. The van der Waals surface area contributed by atoms with Crippen molar-refractivity contribution in [3.8, 4) is 0 Å². The molecule has 1 aromatic rings. The van der Waals surface area contributed by atoms with Crippen LogP contribution in [-0.2, 0) is 15.6 Å². The highest BCUT2D eigenvalue weighted by molar-refractivity contribution is 7.90. The Morgan fingerprint density at radius 1 is 1.44 bits per heavy atom. The minimum absolute atomic E-state index is 0.0493. The zero-order valence-electron chi connectivity index (χ0n) is 10.1. The Morgan fingerprint density at radius 2 is 2.28 bits per heavy atom. The van der Waals surface area contributed by atoms with E-state index in [1.807, 2.05) is 0 Å². The molecule has 2 rings (SSSR count). The average molecular weight is 289 g/mol. The monoisotopic (exact) mass is 288 g/mol. The summed E-state index contributed by atoms with van der Waals surface area (Å²) in [5.41, 5.74) is 0.697. The van der Waals surface area contributed by atoms with Gasteiger partial charge in [0.25, 0.3) is 0 Å². The number of nitrogens with zero attached hydrogens (tertiary/aromatic N) is 1. The highest BCUT2D eigenvalue weighted by Gasteiger charge is 2.21. The molecule has 0 radical (unpaired) electrons. The van der Waals surface area contributed by atoms with Crippen molar-refractivity contribution in [1.29, 1.82) is 0 Å². The summed E-state index contributed by atoms with van der Waals surface area (Å²) >= 11 is 5.67. The molecular weight excluding hydrogens is 272 g/mol. The lowest BCUT2D eigenvalue weighted by Crippen LogP contribution is -2.34. The molecule has 1 aliphatic heterocycles. The van der Waals surface area contributed by atoms with E-state index in [1.54, 1.807) is 12.1 Å². The van der Waals surface area contributed by atoms with Gasteiger partial charge in [-0.2, -0.15) is 0 Å². The molecule has 0 aliphatic carbocycles. The number of hydrogen-bond donors (Lipinski definition) is 1. The highest BCUT2D eigenvalue weighted by atomic mass is 35.5. The molecule has 1 aliphatic rings. The number of piperidine rings is 1. The number of sulfone groups is 1. The molecule has 0 bridgehead atoms. The first kappa shape index (κ1) is 13.8. The first-order valence-corrected chi connectivity index (χ1v) is 8.27. The van der Waals surface area contributed by atoms with Crippen LogP contribution < -0.4 is 5.32 Å². The molecule has 100 valence electrons. The van der Waals surface area contributed by atoms with Crippen LogP contribution in [0, 0.1) is 5.92 Å². The second kappa shape index (κ2) is 5.99. The maximum atomic E-state index is 12.1. The van der Waals surface area contributed by atoms with E-state index in [2.05, 4.69) is 10.3 Å². The third kappa shape index (κ3) is 4.23. The van der Waals surface area contributed by atoms with Crippen molar-refractivity contribution >= 4 is 21.4 Å². The first-order chi connectivity index (χ1) is 8.55. The second-order valence-corrected chi connectivity index (χ2v) is 7.25. The van der Waals surface area contributed by atoms with Crippen LogP contribution >= 0.6 is 11.6 Å². The normalized spacial score (nSPS) is 20.8. The third-order valence-corrected chi connectivity index (χ3v) is 5.04. The van der Waals surface area contributed by atoms with E-state index >= 15 is 0 Å². The smallest absolute Gasteiger partial charge is 0.154 e. The summed E-state index contributed by atoms with van der Waals surface area (Å²) < 4.78 is 24.1. The van der Waals surface area contributed by atoms with E-state index in [1.165, 1.54) is 6.20 Å². The lowest BCUT2D eigenvalue weighted by molar-refractivity contribution is 0.404. The minimum Gasteiger partial charge on any atom is -0.316 e. The fourth-order valence-electron chi connectivity index (χ4n) is 2.23. The predicted molar refractivity (Wildman–Crippen MR) is 72.3 cm³/mol. The van der Waals surface area contributed by atoms with Crippen molar-refractivity contribution in [2.75, 3.05) is 18.8 Å². The molecule has 0 aromatic carbocycles. The molecule has 1 saturated heterocycles. The van der Waals surface area contributed by atoms with Gasteiger partial charge in [-0.1, -0.05) is 17.7 Å². The largest absolute Gasteiger partial charge is 0.316 e. The van der Waals surface area contributed by atoms with E-state index in [0.717, 1.165) is 25.9 Å². The SMILES string of the molecule is O=S(=O)(Cc1ccc(Cl)nc1)CC1CCCNC1. The number of halogens is 1. The molecule has 18 heavy (non-hydrogen) atoms. The van der Waals surface area contributed by atoms with Gasteiger partial charge in [-0.15, -0.1) is 0 Å². The van der Waals surface area contributed by atoms with Gasteiger partial charge < -0.3 is 5.32 Å². The summed E-state index contributed by atoms with van der Waals surface area (Å²) in [6, 6.07) is 3.33. The van der Waals surface area contributed by atoms with Gasteiger partial charge in [-0.3, -0.25) is 0 Å². The van der Waals surface area contributed by atoms with Gasteiger partial charge in [0, 0.05) is 6.20 Å². The Labute approximate surface area is 113 Å². The van der Waals surface area contributed by atoms with Crippen LogP contribution in [-0.4, -0.2) is 32.2 Å². The fourth-order valence-corrected chi connectivity index (χ4v) is 4.14. The maximum Gasteiger partial charge on any atom is 0.154 e. The van der Waals surface area contributed by atoms with Crippen LogP contribution in [0.15, 0.2) is 18.3 Å². The average Bonchev–Trinajstić information content (AvgIpc) is 2.32. The second-order valence-electron chi connectivity index (χ2n) is 4.76. The van der Waals surface area contributed by atoms with Gasteiger partial charge >= 0.3 is 0 Å². The number of pyridine rings is 1. The summed E-state index contributed by atoms with van der Waals surface area (Å²) in [5.74, 6) is 0.542. The molecule has 0 spiro atoms. The molecule has 6 heteroatoms. The van der Waals surface area contributed by atoms with Crippen molar-refractivity contribution in [2.24, 2.45) is 5.92 Å². The third-order valence-electron chi connectivity index (χ3n) is 3.06. The fraction of sp³-hybridized carbons (Fsp3) is 0.583. The van der Waals surface area contributed by atoms with Crippen LogP contribution in [0.3, 0.4) is 0 Å². The Hall–Kier alpha value is -0.650. The molecule has 1 atom stereocenters. The van der Waals surface area contributed by atoms with Gasteiger partial charge in [0.05, 0.1) is 11.5 Å². The van der Waals surface area contributed by atoms with Gasteiger partial charge in [0.15, 0.2) is 9.84 Å². The standard InChI is InChI=1S/C12H17ClN2O2S/c13-12-4-3-11(7-15-12)9-18(16,17)8-10-2-1-5-14-6-10/h3-4,7,10,14H,1-2,5-6,8-9H2. The summed E-state index contributed by atoms with van der Waals surface area (Å²) in [4.78, 5) is 3.90. The van der Waals surface area contributed by atoms with Crippen molar-refractivity contribution in [3.05, 3.63) is 29.0 Å². The molecular formula is C12H17ClN2O2S. The van der Waals surface area contributed by atoms with Crippen LogP contribution in [0.5, 0.6) is 0 Å². The van der Waals surface area contributed by atoms with Crippen LogP contribution in [0.1, 0.15) is 18.4 Å². The van der Waals surface area contributed by atoms with Crippen molar-refractivity contribution in [2.45, 2.75) is 18.6 Å². The van der Waals surface area contributed by atoms with Crippen LogP contribution in [0.25, 0.3) is 0 Å². The Balaban J connectivity index is 1.96. The van der Waals surface area contributed by atoms with E-state index < -0.39 is 9.84 Å². The van der Waals surface area contributed by atoms with Crippen molar-refractivity contribution < 1.29 is 8.42 Å². The highest BCUT2D eigenvalue weighted by Crippen LogP contribution is 2.16. The number of nitrogens with one attached hydrogen (secondary N) is 1. The number of rotatable bonds is 4. The van der Waals surface area contributed by atoms with E-state index in [0.29, 0.717) is 10.7 Å². The number of aromatic nitrogens is 1. The van der Waals surface area contributed by atoms with E-state index in [-0.39, 0.29) is 17.4 Å². The van der Waals surface area contributed by atoms with E-state index in [9.17, 15) is 8.42 Å². The Bertz CT molecular complexity index is 481. The van der Waals surface area contributed by atoms with Crippen LogP contribution in [0.2, 0.25) is 5.15 Å². The topological polar surface area (TPSA) is 59.1 Å². The molecule has 0 amide bonds. The zero-order chi connectivity index (χ0) is 13.0. The van der Waals surface area contributed by atoms with Crippen molar-refractivity contribution in [1.82, 2.24) is 10.3 Å². The zero-order valence-corrected chi connectivity index (χ0v) is 11.7. The van der Waals surface area contributed by atoms with Crippen LogP contribution in [0.4, 0.5) is 0 Å². The number of hydrogen-bond acceptors (Lipinski definition) is 4. The van der Waals surface area contributed by atoms with Gasteiger partial charge in [-0.25, -0.2) is 13.4 Å². The summed E-state index contributed by atoms with van der Waals surface area (Å²) in [6.07, 6.45) is 3.58. The molecule has 2 heterocycles. The summed E-state index contributed by atoms with van der Waals surface area (Å²) in [5, 5.41) is 3.62. The lowest BCUT2D eigenvalue weighted by Gasteiger charge is -2.22.